The van der Waals surface area contributed by atoms with Gasteiger partial charge < -0.3 is 0 Å². The number of hydrogen-bond acceptors (Lipinski definition) is 1. The normalized spacial score (nSPS) is 12.2. The number of hydrogen-bond donors (Lipinski definition) is 0. The average Bonchev–Trinajstić information content (AvgIpc) is 2.04. The van der Waals surface area contributed by atoms with Gasteiger partial charge in [-0.2, -0.15) is 0 Å². The Morgan fingerprint density at radius 2 is 1.92 bits per heavy atom. The van der Waals surface area contributed by atoms with Crippen molar-refractivity contribution >= 4 is 34.4 Å². The molecule has 0 fully saturated rings. The quantitative estimate of drug-likeness (QED) is 0.575. The fourth-order valence-electron chi connectivity index (χ4n) is 0.897. The van der Waals surface area contributed by atoms with Gasteiger partial charge in [0.15, 0.2) is 0 Å². The predicted molar refractivity (Wildman–Crippen MR) is 69.2 cm³/mol. The lowest BCUT2D eigenvalue weighted by molar-refractivity contribution is 0.833. The molecule has 0 atom stereocenters. The van der Waals surface area contributed by atoms with Gasteiger partial charge in [-0.1, -0.05) is 49.9 Å². The summed E-state index contributed by atoms with van der Waals surface area (Å²) in [7, 11) is 0. The first kappa shape index (κ1) is 11.1. The second-order valence-corrected chi connectivity index (χ2v) is 6.14. The molecule has 13 heavy (non-hydrogen) atoms. The van der Waals surface area contributed by atoms with Crippen LogP contribution in [0.1, 0.15) is 13.8 Å². The molecule has 0 amide bonds. The van der Waals surface area contributed by atoms with Crippen LogP contribution in [0.5, 0.6) is 0 Å². The van der Waals surface area contributed by atoms with E-state index in [1.807, 2.05) is 17.8 Å². The van der Waals surface area contributed by atoms with Crippen LogP contribution < -0.4 is 0 Å². The Balaban J connectivity index is 2.60. The molecule has 0 nitrogen and oxygen atoms in total. The highest BCUT2D eigenvalue weighted by atomic mass is 127. The predicted octanol–water partition coefficient (Wildman–Crippen LogP) is 4.71. The van der Waals surface area contributed by atoms with E-state index in [0.717, 1.165) is 0 Å². The summed E-state index contributed by atoms with van der Waals surface area (Å²) < 4.78 is 1.35. The van der Waals surface area contributed by atoms with Crippen LogP contribution >= 0.6 is 34.4 Å². The molecule has 0 N–H and O–H groups in total. The highest BCUT2D eigenvalue weighted by Crippen LogP contribution is 2.31. The molecular weight excluding hydrogens is 291 g/mol. The van der Waals surface area contributed by atoms with Gasteiger partial charge >= 0.3 is 0 Å². The summed E-state index contributed by atoms with van der Waals surface area (Å²) in [4.78, 5) is 1.31. The Kier molecular flexibility index (Phi) is 4.88. The van der Waals surface area contributed by atoms with E-state index in [2.05, 4.69) is 66.8 Å². The molecule has 0 aliphatic heterocycles. The van der Waals surface area contributed by atoms with Crippen molar-refractivity contribution in [3.63, 3.8) is 0 Å². The van der Waals surface area contributed by atoms with E-state index in [0.29, 0.717) is 5.92 Å². The molecule has 0 radical (unpaired) electrons. The van der Waals surface area contributed by atoms with Crippen molar-refractivity contribution in [2.24, 2.45) is 5.92 Å². The lowest BCUT2D eigenvalue weighted by Gasteiger charge is -2.01. The molecule has 1 aromatic rings. The van der Waals surface area contributed by atoms with Crippen molar-refractivity contribution < 1.29 is 0 Å². The first-order valence-electron chi connectivity index (χ1n) is 4.28. The maximum Gasteiger partial charge on any atom is 0.0469 e. The van der Waals surface area contributed by atoms with Gasteiger partial charge in [0.05, 0.1) is 0 Å². The zero-order chi connectivity index (χ0) is 9.68. The Bertz CT molecular complexity index is 277. The number of allylic oxidation sites excluding steroid dienone is 1. The highest BCUT2D eigenvalue weighted by molar-refractivity contribution is 14.1. The standard InChI is InChI=1S/C11H13IS/c1-9(2)8-11(12)13-10-6-4-3-5-7-10/h3-9H,1-2H3/b11-8+. The first-order chi connectivity index (χ1) is 6.18. The third-order valence-electron chi connectivity index (χ3n) is 1.42. The lowest BCUT2D eigenvalue weighted by atomic mass is 10.2. The molecule has 0 heterocycles. The molecule has 0 spiro atoms. The van der Waals surface area contributed by atoms with Crippen LogP contribution in [0.25, 0.3) is 0 Å². The minimum atomic E-state index is 0.628. The molecule has 1 rings (SSSR count). The summed E-state index contributed by atoms with van der Waals surface area (Å²) >= 11 is 4.20. The minimum Gasteiger partial charge on any atom is -0.0838 e. The first-order valence-corrected chi connectivity index (χ1v) is 6.18. The monoisotopic (exact) mass is 304 g/mol. The molecule has 0 aliphatic rings. The van der Waals surface area contributed by atoms with E-state index >= 15 is 0 Å². The van der Waals surface area contributed by atoms with Crippen LogP contribution in [-0.4, -0.2) is 0 Å². The fraction of sp³-hybridized carbons (Fsp3) is 0.273. The molecule has 0 unspecified atom stereocenters. The van der Waals surface area contributed by atoms with Crippen LogP contribution in [0, 0.1) is 5.92 Å². The Morgan fingerprint density at radius 1 is 1.31 bits per heavy atom. The maximum absolute atomic E-state index is 2.38. The molecule has 0 aromatic heterocycles. The average molecular weight is 304 g/mol. The lowest BCUT2D eigenvalue weighted by Crippen LogP contribution is -1.78. The topological polar surface area (TPSA) is 0 Å². The summed E-state index contributed by atoms with van der Waals surface area (Å²) in [5.74, 6) is 0.628. The zero-order valence-corrected chi connectivity index (χ0v) is 10.8. The van der Waals surface area contributed by atoms with Gasteiger partial charge in [-0.3, -0.25) is 0 Å². The zero-order valence-electron chi connectivity index (χ0n) is 7.83. The summed E-state index contributed by atoms with van der Waals surface area (Å²) in [5, 5.41) is 0. The highest BCUT2D eigenvalue weighted by Gasteiger charge is 1.96. The van der Waals surface area contributed by atoms with Gasteiger partial charge in [0.1, 0.15) is 0 Å². The smallest absolute Gasteiger partial charge is 0.0469 e. The Morgan fingerprint density at radius 3 is 2.46 bits per heavy atom. The van der Waals surface area contributed by atoms with Crippen molar-refractivity contribution in [2.45, 2.75) is 18.7 Å². The number of thioether (sulfide) groups is 1. The Labute approximate surface area is 98.0 Å². The van der Waals surface area contributed by atoms with E-state index in [9.17, 15) is 0 Å². The summed E-state index contributed by atoms with van der Waals surface area (Å²) in [6.07, 6.45) is 2.28. The summed E-state index contributed by atoms with van der Waals surface area (Å²) in [6.45, 7) is 4.40. The largest absolute Gasteiger partial charge is 0.0838 e. The maximum atomic E-state index is 2.38. The molecular formula is C11H13IS. The number of halogens is 1. The summed E-state index contributed by atoms with van der Waals surface area (Å²) in [5.41, 5.74) is 0. The van der Waals surface area contributed by atoms with Gasteiger partial charge in [-0.25, -0.2) is 0 Å². The number of rotatable bonds is 3. The third kappa shape index (κ3) is 4.72. The SMILES string of the molecule is CC(C)/C=C(\I)Sc1ccccc1. The van der Waals surface area contributed by atoms with Crippen molar-refractivity contribution in [1.29, 1.82) is 0 Å². The Hall–Kier alpha value is 0.0400. The molecule has 2 heteroatoms. The van der Waals surface area contributed by atoms with Crippen LogP contribution in [0.4, 0.5) is 0 Å². The van der Waals surface area contributed by atoms with Crippen LogP contribution in [0.15, 0.2) is 44.2 Å². The van der Waals surface area contributed by atoms with E-state index in [-0.39, 0.29) is 0 Å². The van der Waals surface area contributed by atoms with Crippen LogP contribution in [0.3, 0.4) is 0 Å². The third-order valence-corrected chi connectivity index (χ3v) is 3.28. The van der Waals surface area contributed by atoms with Crippen molar-refractivity contribution in [3.05, 3.63) is 39.3 Å². The van der Waals surface area contributed by atoms with E-state index in [1.54, 1.807) is 0 Å². The molecule has 1 aromatic carbocycles. The van der Waals surface area contributed by atoms with Gasteiger partial charge in [0.25, 0.3) is 0 Å². The van der Waals surface area contributed by atoms with Gasteiger partial charge in [0.2, 0.25) is 0 Å². The fourth-order valence-corrected chi connectivity index (χ4v) is 3.24. The van der Waals surface area contributed by atoms with Crippen molar-refractivity contribution in [1.82, 2.24) is 0 Å². The molecule has 0 bridgehead atoms. The molecule has 70 valence electrons. The molecule has 0 saturated carbocycles. The molecule has 0 aliphatic carbocycles. The number of benzene rings is 1. The van der Waals surface area contributed by atoms with Crippen LogP contribution in [0.2, 0.25) is 0 Å². The molecule has 0 saturated heterocycles. The van der Waals surface area contributed by atoms with Gasteiger partial charge in [-0.15, -0.1) is 0 Å². The van der Waals surface area contributed by atoms with Gasteiger partial charge in [0, 0.05) is 7.81 Å². The van der Waals surface area contributed by atoms with Crippen molar-refractivity contribution in [3.8, 4) is 0 Å². The minimum absolute atomic E-state index is 0.628. The van der Waals surface area contributed by atoms with Crippen molar-refractivity contribution in [2.75, 3.05) is 0 Å². The van der Waals surface area contributed by atoms with E-state index in [1.165, 1.54) is 7.81 Å². The van der Waals surface area contributed by atoms with E-state index in [4.69, 9.17) is 0 Å². The summed E-state index contributed by atoms with van der Waals surface area (Å²) in [6, 6.07) is 10.5. The van der Waals surface area contributed by atoms with Gasteiger partial charge in [-0.05, 0) is 40.6 Å². The van der Waals surface area contributed by atoms with Crippen LogP contribution in [-0.2, 0) is 0 Å². The second kappa shape index (κ2) is 5.70. The van der Waals surface area contributed by atoms with E-state index < -0.39 is 0 Å². The second-order valence-electron chi connectivity index (χ2n) is 3.13.